The number of hydrogen-bond donors (Lipinski definition) is 0. The summed E-state index contributed by atoms with van der Waals surface area (Å²) in [5.74, 6) is 1.99. The molecule has 5 rings (SSSR count). The minimum absolute atomic E-state index is 0.140. The molecule has 0 spiro atoms. The molecular weight excluding hydrogens is 532 g/mol. The van der Waals surface area contributed by atoms with Gasteiger partial charge >= 0.3 is 0 Å². The van der Waals surface area contributed by atoms with Gasteiger partial charge in [-0.15, -0.1) is 23.4 Å². The first-order chi connectivity index (χ1) is 18.0. The molecule has 2 aliphatic rings. The number of nitrogens with zero attached hydrogens (tertiary/aromatic N) is 6. The third kappa shape index (κ3) is 5.78. The van der Waals surface area contributed by atoms with Crippen LogP contribution in [0, 0.1) is 5.92 Å². The van der Waals surface area contributed by atoms with Gasteiger partial charge in [0.25, 0.3) is 5.89 Å². The van der Waals surface area contributed by atoms with E-state index in [0.717, 1.165) is 67.6 Å². The molecular formula is C28H33BrN6O2. The van der Waals surface area contributed by atoms with Crippen LogP contribution in [-0.4, -0.2) is 58.6 Å². The number of piperidine rings is 2. The third-order valence-corrected chi connectivity index (χ3v) is 7.76. The maximum absolute atomic E-state index is 6.18. The second-order valence-corrected chi connectivity index (χ2v) is 10.9. The van der Waals surface area contributed by atoms with Gasteiger partial charge < -0.3 is 19.0 Å². The molecule has 0 saturated carbocycles. The van der Waals surface area contributed by atoms with Crippen LogP contribution in [0.25, 0.3) is 23.0 Å². The van der Waals surface area contributed by atoms with E-state index >= 15 is 0 Å². The number of benzene rings is 1. The van der Waals surface area contributed by atoms with E-state index in [9.17, 15) is 0 Å². The molecule has 2 aliphatic heterocycles. The maximum Gasteiger partial charge on any atom is 0.266 e. The Balaban J connectivity index is 1.37. The van der Waals surface area contributed by atoms with Gasteiger partial charge in [0.05, 0.1) is 23.5 Å². The van der Waals surface area contributed by atoms with Gasteiger partial charge in [-0.25, -0.2) is 9.97 Å². The summed E-state index contributed by atoms with van der Waals surface area (Å²) in [6, 6.07) is 7.95. The molecule has 0 bridgehead atoms. The Hall–Kier alpha value is -3.04. The highest BCUT2D eigenvalue weighted by Gasteiger charge is 2.32. The molecule has 1 atom stereocenters. The summed E-state index contributed by atoms with van der Waals surface area (Å²) in [5, 5.41) is 8.75. The molecule has 0 N–H and O–H groups in total. The van der Waals surface area contributed by atoms with Gasteiger partial charge in [0.1, 0.15) is 5.69 Å². The lowest BCUT2D eigenvalue weighted by molar-refractivity contribution is -0.0334. The van der Waals surface area contributed by atoms with Gasteiger partial charge in [-0.05, 0) is 62.8 Å². The van der Waals surface area contributed by atoms with Crippen molar-refractivity contribution in [2.75, 3.05) is 42.6 Å². The standard InChI is InChI=1S/C28H33BrN6O2/c1-4-17-36-28(3)11-15-34(16-12-28)24-18-21(29)8-9-22(24)25-32-33-26(37-25)23-10-13-30-27(31-23)35-14-6-7-20(5-2)19-35/h4-5,8-10,13,18,20H,1-2,6-7,11-12,14-17,19H2,3H3. The van der Waals surface area contributed by atoms with E-state index in [2.05, 4.69) is 67.1 Å². The van der Waals surface area contributed by atoms with Crippen molar-refractivity contribution in [3.63, 3.8) is 0 Å². The molecule has 1 unspecified atom stereocenters. The second-order valence-electron chi connectivity index (χ2n) is 9.94. The third-order valence-electron chi connectivity index (χ3n) is 7.26. The van der Waals surface area contributed by atoms with Crippen LogP contribution >= 0.6 is 15.9 Å². The Bertz CT molecular complexity index is 1250. The van der Waals surface area contributed by atoms with Gasteiger partial charge in [-0.2, -0.15) is 0 Å². The van der Waals surface area contributed by atoms with Crippen molar-refractivity contribution in [1.29, 1.82) is 0 Å². The number of hydrogen-bond acceptors (Lipinski definition) is 8. The van der Waals surface area contributed by atoms with E-state index in [1.807, 2.05) is 30.4 Å². The predicted octanol–water partition coefficient (Wildman–Crippen LogP) is 5.92. The van der Waals surface area contributed by atoms with Crippen molar-refractivity contribution in [2.24, 2.45) is 5.92 Å². The summed E-state index contributed by atoms with van der Waals surface area (Å²) in [4.78, 5) is 13.8. The summed E-state index contributed by atoms with van der Waals surface area (Å²) in [6.07, 6.45) is 9.68. The molecule has 0 radical (unpaired) electrons. The molecule has 1 aromatic carbocycles. The van der Waals surface area contributed by atoms with E-state index in [-0.39, 0.29) is 5.60 Å². The minimum atomic E-state index is -0.140. The summed E-state index contributed by atoms with van der Waals surface area (Å²) in [7, 11) is 0. The second kappa shape index (κ2) is 11.1. The number of halogens is 1. The molecule has 194 valence electrons. The average molecular weight is 566 g/mol. The van der Waals surface area contributed by atoms with Gasteiger partial charge in [-0.1, -0.05) is 28.1 Å². The smallest absolute Gasteiger partial charge is 0.266 e. The molecule has 0 aliphatic carbocycles. The molecule has 0 amide bonds. The topological polar surface area (TPSA) is 80.4 Å². The fourth-order valence-corrected chi connectivity index (χ4v) is 5.36. The predicted molar refractivity (Wildman–Crippen MR) is 150 cm³/mol. The van der Waals surface area contributed by atoms with Crippen molar-refractivity contribution >= 4 is 27.6 Å². The van der Waals surface area contributed by atoms with E-state index in [1.54, 1.807) is 6.20 Å². The summed E-state index contributed by atoms with van der Waals surface area (Å²) in [6.45, 7) is 14.0. The van der Waals surface area contributed by atoms with E-state index in [4.69, 9.17) is 14.1 Å². The van der Waals surface area contributed by atoms with E-state index in [1.165, 1.54) is 0 Å². The molecule has 4 heterocycles. The van der Waals surface area contributed by atoms with Crippen molar-refractivity contribution in [3.8, 4) is 23.0 Å². The zero-order valence-electron chi connectivity index (χ0n) is 21.3. The Morgan fingerprint density at radius 1 is 1.14 bits per heavy atom. The maximum atomic E-state index is 6.18. The van der Waals surface area contributed by atoms with Gasteiger partial charge in [0.2, 0.25) is 11.8 Å². The molecule has 37 heavy (non-hydrogen) atoms. The first-order valence-electron chi connectivity index (χ1n) is 12.8. The fourth-order valence-electron chi connectivity index (χ4n) is 5.01. The van der Waals surface area contributed by atoms with Gasteiger partial charge in [0.15, 0.2) is 0 Å². The molecule has 3 aromatic rings. The van der Waals surface area contributed by atoms with Crippen molar-refractivity contribution < 1.29 is 9.15 Å². The quantitative estimate of drug-likeness (QED) is 0.312. The average Bonchev–Trinajstić information content (AvgIpc) is 3.43. The number of ether oxygens (including phenoxy) is 1. The number of anilines is 2. The monoisotopic (exact) mass is 564 g/mol. The number of rotatable bonds is 8. The highest BCUT2D eigenvalue weighted by Crippen LogP contribution is 2.37. The lowest BCUT2D eigenvalue weighted by Crippen LogP contribution is -2.44. The van der Waals surface area contributed by atoms with E-state index < -0.39 is 0 Å². The van der Waals surface area contributed by atoms with Gasteiger partial charge in [-0.3, -0.25) is 0 Å². The van der Waals surface area contributed by atoms with Crippen LogP contribution in [0.15, 0.2) is 64.7 Å². The Kier molecular flexibility index (Phi) is 7.71. The highest BCUT2D eigenvalue weighted by molar-refractivity contribution is 9.10. The molecule has 2 aromatic heterocycles. The van der Waals surface area contributed by atoms with Crippen molar-refractivity contribution in [3.05, 3.63) is 60.2 Å². The first kappa shape index (κ1) is 25.6. The Labute approximate surface area is 226 Å². The molecule has 9 heteroatoms. The highest BCUT2D eigenvalue weighted by atomic mass is 79.9. The first-order valence-corrected chi connectivity index (χ1v) is 13.6. The minimum Gasteiger partial charge on any atom is -0.415 e. The Morgan fingerprint density at radius 2 is 1.95 bits per heavy atom. The van der Waals surface area contributed by atoms with Crippen molar-refractivity contribution in [1.82, 2.24) is 20.2 Å². The van der Waals surface area contributed by atoms with Crippen LogP contribution in [0.2, 0.25) is 0 Å². The SMILES string of the molecule is C=CCOC1(C)CCN(c2cc(Br)ccc2-c2nnc(-c3ccnc(N4CCCC(C=C)C4)n3)o2)CC1. The zero-order chi connectivity index (χ0) is 25.8. The normalized spacial score (nSPS) is 19.6. The lowest BCUT2D eigenvalue weighted by atomic mass is 9.92. The van der Waals surface area contributed by atoms with Crippen LogP contribution < -0.4 is 9.80 Å². The Morgan fingerprint density at radius 3 is 2.73 bits per heavy atom. The molecule has 2 saturated heterocycles. The fraction of sp³-hybridized carbons (Fsp3) is 0.429. The molecule has 8 nitrogen and oxygen atoms in total. The van der Waals surface area contributed by atoms with Crippen LogP contribution in [0.1, 0.15) is 32.6 Å². The largest absolute Gasteiger partial charge is 0.415 e. The van der Waals surface area contributed by atoms with Crippen LogP contribution in [0.4, 0.5) is 11.6 Å². The van der Waals surface area contributed by atoms with Crippen LogP contribution in [-0.2, 0) is 4.74 Å². The zero-order valence-corrected chi connectivity index (χ0v) is 22.9. The van der Waals surface area contributed by atoms with Crippen molar-refractivity contribution in [2.45, 2.75) is 38.2 Å². The summed E-state index contributed by atoms with van der Waals surface area (Å²) >= 11 is 3.63. The van der Waals surface area contributed by atoms with Crippen LogP contribution in [0.3, 0.4) is 0 Å². The van der Waals surface area contributed by atoms with Gasteiger partial charge in [0, 0.05) is 36.8 Å². The summed E-state index contributed by atoms with van der Waals surface area (Å²) in [5.41, 5.74) is 2.44. The number of aromatic nitrogens is 4. The van der Waals surface area contributed by atoms with E-state index in [0.29, 0.717) is 35.9 Å². The summed E-state index contributed by atoms with van der Waals surface area (Å²) < 4.78 is 13.2. The molecule has 2 fully saturated rings. The lowest BCUT2D eigenvalue weighted by Gasteiger charge is -2.40. The van der Waals surface area contributed by atoms with Crippen LogP contribution in [0.5, 0.6) is 0 Å².